The van der Waals surface area contributed by atoms with E-state index < -0.39 is 11.6 Å². The van der Waals surface area contributed by atoms with Gasteiger partial charge in [0, 0.05) is 24.2 Å². The van der Waals surface area contributed by atoms with E-state index in [4.69, 9.17) is 15.2 Å². The van der Waals surface area contributed by atoms with Crippen LogP contribution in [0.5, 0.6) is 5.75 Å². The molecule has 0 aliphatic rings. The smallest absolute Gasteiger partial charge is 0.240 e. The van der Waals surface area contributed by atoms with Crippen LogP contribution in [0.2, 0.25) is 0 Å². The van der Waals surface area contributed by atoms with Crippen molar-refractivity contribution in [2.45, 2.75) is 46.1 Å². The second-order valence-electron chi connectivity index (χ2n) is 8.52. The molecular formula is C26H32N6O3. The summed E-state index contributed by atoms with van der Waals surface area (Å²) >= 11 is 0. The first-order valence-corrected chi connectivity index (χ1v) is 11.0. The van der Waals surface area contributed by atoms with Gasteiger partial charge in [-0.2, -0.15) is 0 Å². The van der Waals surface area contributed by atoms with E-state index >= 15 is 0 Å². The van der Waals surface area contributed by atoms with Crippen molar-refractivity contribution in [3.05, 3.63) is 90.1 Å². The summed E-state index contributed by atoms with van der Waals surface area (Å²) in [5.41, 5.74) is 7.46. The molecule has 4 rings (SSSR count). The highest BCUT2D eigenvalue weighted by Gasteiger charge is 2.28. The largest absolute Gasteiger partial charge is 0.485 e. The predicted octanol–water partition coefficient (Wildman–Crippen LogP) is 3.45. The van der Waals surface area contributed by atoms with E-state index in [1.54, 1.807) is 30.6 Å². The molecule has 0 spiro atoms. The van der Waals surface area contributed by atoms with Gasteiger partial charge in [0.2, 0.25) is 11.6 Å². The van der Waals surface area contributed by atoms with E-state index in [1.165, 1.54) is 0 Å². The third-order valence-corrected chi connectivity index (χ3v) is 5.14. The Kier molecular flexibility index (Phi) is 8.51. The summed E-state index contributed by atoms with van der Waals surface area (Å²) in [6.07, 6.45) is 5.29. The van der Waals surface area contributed by atoms with Crippen molar-refractivity contribution in [1.29, 1.82) is 0 Å². The highest BCUT2D eigenvalue weighted by molar-refractivity contribution is 5.85. The van der Waals surface area contributed by atoms with Crippen molar-refractivity contribution in [2.75, 3.05) is 6.61 Å². The first-order valence-electron chi connectivity index (χ1n) is 11.0. The molecule has 0 saturated heterocycles. The van der Waals surface area contributed by atoms with Gasteiger partial charge in [0.15, 0.2) is 11.6 Å². The zero-order chi connectivity index (χ0) is 24.0. The van der Waals surface area contributed by atoms with Crippen molar-refractivity contribution < 1.29 is 14.3 Å². The van der Waals surface area contributed by atoms with Crippen LogP contribution in [-0.2, 0) is 22.7 Å². The summed E-state index contributed by atoms with van der Waals surface area (Å²) in [5.74, 6) is 0.772. The second kappa shape index (κ2) is 11.5. The van der Waals surface area contributed by atoms with E-state index in [1.807, 2.05) is 60.8 Å². The van der Waals surface area contributed by atoms with Crippen LogP contribution in [0.25, 0.3) is 5.65 Å². The first kappa shape index (κ1) is 25.8. The number of carbonyl (C=O) groups excluding carboxylic acids is 1. The van der Waals surface area contributed by atoms with Crippen LogP contribution in [0.15, 0.2) is 73.2 Å². The van der Waals surface area contributed by atoms with E-state index in [0.29, 0.717) is 30.4 Å². The SMILES string of the molecule is C.CC(C)(N)C(=O)N[C@H](COCc1ccccc1)c1nnc2c(OCc3cccnc3)cccn12. The average molecular weight is 477 g/mol. The van der Waals surface area contributed by atoms with Gasteiger partial charge in [-0.15, -0.1) is 10.2 Å². The molecule has 3 heterocycles. The number of ether oxygens (including phenoxy) is 2. The summed E-state index contributed by atoms with van der Waals surface area (Å²) in [7, 11) is 0. The Morgan fingerprint density at radius 2 is 1.83 bits per heavy atom. The molecule has 1 atom stereocenters. The van der Waals surface area contributed by atoms with Gasteiger partial charge < -0.3 is 20.5 Å². The molecule has 1 amide bonds. The number of nitrogens with one attached hydrogen (secondary N) is 1. The molecule has 1 aromatic carbocycles. The lowest BCUT2D eigenvalue weighted by atomic mass is 10.1. The lowest BCUT2D eigenvalue weighted by Gasteiger charge is -2.23. The summed E-state index contributed by atoms with van der Waals surface area (Å²) < 4.78 is 13.7. The normalized spacial score (nSPS) is 12.1. The van der Waals surface area contributed by atoms with Gasteiger partial charge >= 0.3 is 0 Å². The maximum Gasteiger partial charge on any atom is 0.240 e. The van der Waals surface area contributed by atoms with Crippen LogP contribution in [0.1, 0.15) is 44.3 Å². The highest BCUT2D eigenvalue weighted by atomic mass is 16.5. The Morgan fingerprint density at radius 3 is 2.54 bits per heavy atom. The maximum atomic E-state index is 12.7. The van der Waals surface area contributed by atoms with Gasteiger partial charge in [0.05, 0.1) is 18.8 Å². The second-order valence-corrected chi connectivity index (χ2v) is 8.52. The van der Waals surface area contributed by atoms with E-state index in [-0.39, 0.29) is 19.9 Å². The van der Waals surface area contributed by atoms with Gasteiger partial charge in [-0.25, -0.2) is 0 Å². The monoisotopic (exact) mass is 476 g/mol. The Morgan fingerprint density at radius 1 is 1.06 bits per heavy atom. The molecule has 0 bridgehead atoms. The Labute approximate surface area is 205 Å². The number of carbonyl (C=O) groups is 1. The topological polar surface area (TPSA) is 117 Å². The Hall–Kier alpha value is -3.82. The fourth-order valence-electron chi connectivity index (χ4n) is 3.30. The molecule has 0 radical (unpaired) electrons. The number of nitrogens with two attached hydrogens (primary N) is 1. The number of rotatable bonds is 10. The zero-order valence-corrected chi connectivity index (χ0v) is 19.2. The van der Waals surface area contributed by atoms with Gasteiger partial charge in [0.1, 0.15) is 12.6 Å². The van der Waals surface area contributed by atoms with Gasteiger partial charge in [-0.1, -0.05) is 43.8 Å². The number of nitrogens with zero attached hydrogens (tertiary/aromatic N) is 4. The molecule has 0 unspecified atom stereocenters. The predicted molar refractivity (Wildman–Crippen MR) is 134 cm³/mol. The van der Waals surface area contributed by atoms with Crippen molar-refractivity contribution in [3.63, 3.8) is 0 Å². The van der Waals surface area contributed by atoms with E-state index in [2.05, 4.69) is 20.5 Å². The molecule has 0 saturated carbocycles. The van der Waals surface area contributed by atoms with Crippen LogP contribution < -0.4 is 15.8 Å². The summed E-state index contributed by atoms with van der Waals surface area (Å²) in [4.78, 5) is 16.8. The van der Waals surface area contributed by atoms with Crippen molar-refractivity contribution in [3.8, 4) is 5.75 Å². The van der Waals surface area contributed by atoms with Gasteiger partial charge in [-0.3, -0.25) is 14.2 Å². The zero-order valence-electron chi connectivity index (χ0n) is 19.2. The molecule has 3 aromatic heterocycles. The van der Waals surface area contributed by atoms with Crippen LogP contribution in [-0.4, -0.2) is 37.6 Å². The molecule has 0 fully saturated rings. The van der Waals surface area contributed by atoms with Crippen molar-refractivity contribution >= 4 is 11.6 Å². The third kappa shape index (κ3) is 6.62. The number of benzene rings is 1. The highest BCUT2D eigenvalue weighted by Crippen LogP contribution is 2.23. The lowest BCUT2D eigenvalue weighted by molar-refractivity contribution is -0.126. The molecule has 4 aromatic rings. The molecule has 0 aliphatic carbocycles. The number of hydrogen-bond acceptors (Lipinski definition) is 7. The standard InChI is InChI=1S/C25H28N6O3.CH4/c1-25(2,26)24(32)28-20(17-33-15-18-8-4-3-5-9-18)22-29-30-23-21(11-7-13-31(22)23)34-16-19-10-6-12-27-14-19;/h3-14,20H,15-17,26H2,1-2H3,(H,28,32);1H4/t20-;/m1./s1. The molecule has 9 nitrogen and oxygen atoms in total. The fraction of sp³-hybridized carbons (Fsp3) is 0.308. The number of hydrogen-bond donors (Lipinski definition) is 2. The van der Waals surface area contributed by atoms with Crippen molar-refractivity contribution in [2.24, 2.45) is 5.73 Å². The molecule has 0 aliphatic heterocycles. The molecule has 9 heteroatoms. The lowest BCUT2D eigenvalue weighted by Crippen LogP contribution is -2.50. The Balaban J connectivity index is 0.00000342. The number of aromatic nitrogens is 4. The number of pyridine rings is 2. The molecule has 3 N–H and O–H groups in total. The molecule has 35 heavy (non-hydrogen) atoms. The average Bonchev–Trinajstić information content (AvgIpc) is 3.27. The maximum absolute atomic E-state index is 12.7. The van der Waals surface area contributed by atoms with Crippen LogP contribution >= 0.6 is 0 Å². The first-order chi connectivity index (χ1) is 16.4. The van der Waals surface area contributed by atoms with E-state index in [0.717, 1.165) is 11.1 Å². The Bertz CT molecular complexity index is 1220. The van der Waals surface area contributed by atoms with Crippen LogP contribution in [0, 0.1) is 0 Å². The van der Waals surface area contributed by atoms with Gasteiger partial charge in [0.25, 0.3) is 0 Å². The molecule has 184 valence electrons. The minimum absolute atomic E-state index is 0. The number of fused-ring (bicyclic) bond motifs is 1. The van der Waals surface area contributed by atoms with E-state index in [9.17, 15) is 4.79 Å². The summed E-state index contributed by atoms with van der Waals surface area (Å²) in [6.45, 7) is 4.23. The minimum Gasteiger partial charge on any atom is -0.485 e. The summed E-state index contributed by atoms with van der Waals surface area (Å²) in [5, 5.41) is 11.6. The summed E-state index contributed by atoms with van der Waals surface area (Å²) in [6, 6.07) is 16.7. The third-order valence-electron chi connectivity index (χ3n) is 5.14. The van der Waals surface area contributed by atoms with Crippen LogP contribution in [0.4, 0.5) is 0 Å². The van der Waals surface area contributed by atoms with Gasteiger partial charge in [-0.05, 0) is 37.6 Å². The van der Waals surface area contributed by atoms with Crippen LogP contribution in [0.3, 0.4) is 0 Å². The molecular weight excluding hydrogens is 444 g/mol. The minimum atomic E-state index is -1.06. The fourth-order valence-corrected chi connectivity index (χ4v) is 3.30. The number of amides is 1. The van der Waals surface area contributed by atoms with Crippen molar-refractivity contribution in [1.82, 2.24) is 24.9 Å². The quantitative estimate of drug-likeness (QED) is 0.360.